The molecule has 0 saturated carbocycles. The van der Waals surface area contributed by atoms with Crippen LogP contribution in [0, 0.1) is 5.92 Å². The van der Waals surface area contributed by atoms with Gasteiger partial charge in [-0.3, -0.25) is 0 Å². The van der Waals surface area contributed by atoms with E-state index < -0.39 is 0 Å². The fourth-order valence-corrected chi connectivity index (χ4v) is 1.60. The molecule has 3 heteroatoms. The molecular formula is C9H19NO2. The van der Waals surface area contributed by atoms with E-state index in [4.69, 9.17) is 10.2 Å². The maximum atomic E-state index is 8.75. The van der Waals surface area contributed by atoms with Gasteiger partial charge in [0, 0.05) is 32.2 Å². The van der Waals surface area contributed by atoms with Crippen LogP contribution >= 0.6 is 0 Å². The minimum Gasteiger partial charge on any atom is -0.396 e. The second kappa shape index (κ2) is 5.51. The van der Waals surface area contributed by atoms with Crippen LogP contribution in [0.3, 0.4) is 0 Å². The van der Waals surface area contributed by atoms with Crippen molar-refractivity contribution in [2.24, 2.45) is 5.92 Å². The molecular weight excluding hydrogens is 154 g/mol. The molecule has 2 N–H and O–H groups in total. The smallest absolute Gasteiger partial charge is 0.0483 e. The number of nitrogens with zero attached hydrogens (tertiary/aromatic N) is 1. The molecule has 0 aromatic rings. The molecule has 0 amide bonds. The van der Waals surface area contributed by atoms with Crippen LogP contribution < -0.4 is 0 Å². The molecule has 0 aliphatic carbocycles. The van der Waals surface area contributed by atoms with Crippen molar-refractivity contribution in [2.75, 3.05) is 32.8 Å². The van der Waals surface area contributed by atoms with Crippen LogP contribution in [-0.4, -0.2) is 48.0 Å². The summed E-state index contributed by atoms with van der Waals surface area (Å²) in [5.41, 5.74) is 0. The van der Waals surface area contributed by atoms with Crippen molar-refractivity contribution in [3.8, 4) is 0 Å². The summed E-state index contributed by atoms with van der Waals surface area (Å²) < 4.78 is 0. The molecule has 72 valence electrons. The Kier molecular flexibility index (Phi) is 4.58. The predicted molar refractivity (Wildman–Crippen MR) is 48.0 cm³/mol. The van der Waals surface area contributed by atoms with E-state index in [1.165, 1.54) is 6.42 Å². The lowest BCUT2D eigenvalue weighted by Gasteiger charge is -2.38. The summed E-state index contributed by atoms with van der Waals surface area (Å²) in [6, 6.07) is 0. The van der Waals surface area contributed by atoms with Gasteiger partial charge in [-0.2, -0.15) is 0 Å². The van der Waals surface area contributed by atoms with Crippen LogP contribution in [0.1, 0.15) is 19.3 Å². The van der Waals surface area contributed by atoms with Crippen LogP contribution in [0.2, 0.25) is 0 Å². The first kappa shape index (κ1) is 9.96. The Morgan fingerprint density at radius 2 is 1.83 bits per heavy atom. The van der Waals surface area contributed by atoms with Crippen LogP contribution in [0.25, 0.3) is 0 Å². The third kappa shape index (κ3) is 3.09. The largest absolute Gasteiger partial charge is 0.396 e. The van der Waals surface area contributed by atoms with Gasteiger partial charge in [0.2, 0.25) is 0 Å². The molecule has 1 heterocycles. The Balaban J connectivity index is 1.83. The lowest BCUT2D eigenvalue weighted by Crippen LogP contribution is -2.48. The lowest BCUT2D eigenvalue weighted by atomic mass is 10.0. The summed E-state index contributed by atoms with van der Waals surface area (Å²) in [7, 11) is 0. The summed E-state index contributed by atoms with van der Waals surface area (Å²) in [5, 5.41) is 17.3. The first-order valence-corrected chi connectivity index (χ1v) is 4.81. The fraction of sp³-hybridized carbons (Fsp3) is 1.00. The Labute approximate surface area is 74.0 Å². The average Bonchev–Trinajstić information content (AvgIpc) is 2.01. The summed E-state index contributed by atoms with van der Waals surface area (Å²) in [6.45, 7) is 3.92. The van der Waals surface area contributed by atoms with Crippen LogP contribution in [0.5, 0.6) is 0 Å². The number of aliphatic hydroxyl groups is 2. The molecule has 0 atom stereocenters. The molecule has 3 nitrogen and oxygen atoms in total. The van der Waals surface area contributed by atoms with E-state index >= 15 is 0 Å². The molecule has 0 spiro atoms. The van der Waals surface area contributed by atoms with Crippen LogP contribution in [0.4, 0.5) is 0 Å². The molecule has 0 aromatic heterocycles. The zero-order valence-electron chi connectivity index (χ0n) is 7.58. The monoisotopic (exact) mass is 173 g/mol. The molecule has 1 aliphatic rings. The van der Waals surface area contributed by atoms with Crippen molar-refractivity contribution >= 4 is 0 Å². The maximum Gasteiger partial charge on any atom is 0.0483 e. The van der Waals surface area contributed by atoms with E-state index in [1.54, 1.807) is 0 Å². The average molecular weight is 173 g/mol. The molecule has 1 saturated heterocycles. The van der Waals surface area contributed by atoms with Crippen molar-refractivity contribution < 1.29 is 10.2 Å². The first-order chi connectivity index (χ1) is 5.86. The van der Waals surface area contributed by atoms with E-state index in [0.29, 0.717) is 19.1 Å². The SMILES string of the molecule is OCCCCCN1CC(CO)C1. The van der Waals surface area contributed by atoms with Crippen molar-refractivity contribution in [3.05, 3.63) is 0 Å². The highest BCUT2D eigenvalue weighted by atomic mass is 16.3. The maximum absolute atomic E-state index is 8.75. The van der Waals surface area contributed by atoms with Crippen molar-refractivity contribution in [2.45, 2.75) is 19.3 Å². The fourth-order valence-electron chi connectivity index (χ4n) is 1.60. The summed E-state index contributed by atoms with van der Waals surface area (Å²) in [4.78, 5) is 2.36. The Morgan fingerprint density at radius 3 is 2.42 bits per heavy atom. The standard InChI is InChI=1S/C9H19NO2/c11-5-3-1-2-4-10-6-9(7-10)8-12/h9,11-12H,1-8H2. The van der Waals surface area contributed by atoms with Gasteiger partial charge in [0.15, 0.2) is 0 Å². The lowest BCUT2D eigenvalue weighted by molar-refractivity contribution is 0.0525. The van der Waals surface area contributed by atoms with Gasteiger partial charge >= 0.3 is 0 Å². The number of rotatable bonds is 6. The summed E-state index contributed by atoms with van der Waals surface area (Å²) in [6.07, 6.45) is 3.23. The van der Waals surface area contributed by atoms with E-state index in [1.807, 2.05) is 0 Å². The Morgan fingerprint density at radius 1 is 1.08 bits per heavy atom. The number of hydrogen-bond acceptors (Lipinski definition) is 3. The molecule has 0 unspecified atom stereocenters. The Bertz CT molecular complexity index is 113. The predicted octanol–water partition coefficient (Wildman–Crippen LogP) is 0.0731. The minimum atomic E-state index is 0.319. The van der Waals surface area contributed by atoms with Gasteiger partial charge in [-0.1, -0.05) is 0 Å². The van der Waals surface area contributed by atoms with Gasteiger partial charge in [0.25, 0.3) is 0 Å². The number of aliphatic hydroxyl groups excluding tert-OH is 2. The van der Waals surface area contributed by atoms with Crippen molar-refractivity contribution in [3.63, 3.8) is 0 Å². The highest BCUT2D eigenvalue weighted by Crippen LogP contribution is 2.14. The molecule has 0 radical (unpaired) electrons. The molecule has 1 aliphatic heterocycles. The zero-order chi connectivity index (χ0) is 8.81. The highest BCUT2D eigenvalue weighted by molar-refractivity contribution is 4.78. The third-order valence-electron chi connectivity index (χ3n) is 2.42. The van der Waals surface area contributed by atoms with E-state index in [9.17, 15) is 0 Å². The quantitative estimate of drug-likeness (QED) is 0.559. The molecule has 12 heavy (non-hydrogen) atoms. The minimum absolute atomic E-state index is 0.319. The van der Waals surface area contributed by atoms with E-state index in [0.717, 1.165) is 32.5 Å². The summed E-state index contributed by atoms with van der Waals surface area (Å²) >= 11 is 0. The first-order valence-electron chi connectivity index (χ1n) is 4.81. The van der Waals surface area contributed by atoms with Gasteiger partial charge in [-0.15, -0.1) is 0 Å². The third-order valence-corrected chi connectivity index (χ3v) is 2.42. The van der Waals surface area contributed by atoms with Crippen molar-refractivity contribution in [1.29, 1.82) is 0 Å². The summed E-state index contributed by atoms with van der Waals surface area (Å²) in [5.74, 6) is 0.530. The topological polar surface area (TPSA) is 43.7 Å². The molecule has 1 fully saturated rings. The van der Waals surface area contributed by atoms with Gasteiger partial charge in [-0.25, -0.2) is 0 Å². The van der Waals surface area contributed by atoms with E-state index in [-0.39, 0.29) is 0 Å². The van der Waals surface area contributed by atoms with Crippen molar-refractivity contribution in [1.82, 2.24) is 4.90 Å². The normalized spacial score (nSPS) is 19.5. The van der Waals surface area contributed by atoms with Gasteiger partial charge in [0.1, 0.15) is 0 Å². The second-order valence-electron chi connectivity index (χ2n) is 3.59. The molecule has 1 rings (SSSR count). The highest BCUT2D eigenvalue weighted by Gasteiger charge is 2.24. The molecule has 0 aromatic carbocycles. The van der Waals surface area contributed by atoms with Gasteiger partial charge < -0.3 is 15.1 Å². The van der Waals surface area contributed by atoms with Crippen LogP contribution in [0.15, 0.2) is 0 Å². The molecule has 0 bridgehead atoms. The number of hydrogen-bond donors (Lipinski definition) is 2. The van der Waals surface area contributed by atoms with E-state index in [2.05, 4.69) is 4.90 Å². The number of unbranched alkanes of at least 4 members (excludes halogenated alkanes) is 2. The van der Waals surface area contributed by atoms with Crippen LogP contribution in [-0.2, 0) is 0 Å². The van der Waals surface area contributed by atoms with Gasteiger partial charge in [0.05, 0.1) is 0 Å². The second-order valence-corrected chi connectivity index (χ2v) is 3.59. The van der Waals surface area contributed by atoms with Gasteiger partial charge in [-0.05, 0) is 25.8 Å². The number of likely N-dealkylation sites (tertiary alicyclic amines) is 1. The Hall–Kier alpha value is -0.120. The zero-order valence-corrected chi connectivity index (χ0v) is 7.58.